The minimum atomic E-state index is -1.01. The fourth-order valence-electron chi connectivity index (χ4n) is 3.06. The summed E-state index contributed by atoms with van der Waals surface area (Å²) in [5.41, 5.74) is 1.35. The Kier molecular flexibility index (Phi) is 5.46. The van der Waals surface area contributed by atoms with Crippen molar-refractivity contribution >= 4 is 23.9 Å². The molecule has 2 aromatic rings. The maximum Gasteiger partial charge on any atom is 0.335 e. The number of carbonyl (C=O) groups is 3. The number of aromatic carboxylic acids is 1. The molecule has 3 rings (SSSR count). The molecule has 7 nitrogen and oxygen atoms in total. The quantitative estimate of drug-likeness (QED) is 0.616. The minimum absolute atomic E-state index is 0.0552. The van der Waals surface area contributed by atoms with E-state index in [1.165, 1.54) is 18.2 Å². The van der Waals surface area contributed by atoms with Gasteiger partial charge in [0.2, 0.25) is 0 Å². The Hall–Kier alpha value is -3.92. The highest BCUT2D eigenvalue weighted by molar-refractivity contribution is 6.19. The van der Waals surface area contributed by atoms with Gasteiger partial charge in [-0.2, -0.15) is 5.26 Å². The number of amides is 2. The largest absolute Gasteiger partial charge is 0.478 e. The van der Waals surface area contributed by atoms with E-state index in [-0.39, 0.29) is 23.3 Å². The SMILES string of the molecule is CCCN1C(=O)C(C#N)=C(C)/C(=C\c2ccc(-c3ccc(C(=O)O)cc3)o2)C1=O. The lowest BCUT2D eigenvalue weighted by Gasteiger charge is -2.26. The molecule has 0 fully saturated rings. The number of hydrogen-bond acceptors (Lipinski definition) is 5. The maximum atomic E-state index is 12.8. The van der Waals surface area contributed by atoms with Crippen LogP contribution in [0.4, 0.5) is 0 Å². The van der Waals surface area contributed by atoms with Gasteiger partial charge in [0.1, 0.15) is 23.2 Å². The van der Waals surface area contributed by atoms with Gasteiger partial charge >= 0.3 is 5.97 Å². The second-order valence-corrected chi connectivity index (χ2v) is 6.52. The number of nitriles is 1. The van der Waals surface area contributed by atoms with Crippen LogP contribution in [0.1, 0.15) is 36.4 Å². The average Bonchev–Trinajstić information content (AvgIpc) is 3.18. The molecule has 0 unspecified atom stereocenters. The van der Waals surface area contributed by atoms with Gasteiger partial charge in [0, 0.05) is 17.7 Å². The summed E-state index contributed by atoms with van der Waals surface area (Å²) in [5.74, 6) is -1.17. The van der Waals surface area contributed by atoms with Crippen LogP contribution in [0, 0.1) is 11.3 Å². The summed E-state index contributed by atoms with van der Waals surface area (Å²) in [6.07, 6.45) is 2.10. The van der Waals surface area contributed by atoms with Crippen LogP contribution < -0.4 is 0 Å². The van der Waals surface area contributed by atoms with Crippen molar-refractivity contribution in [2.24, 2.45) is 0 Å². The van der Waals surface area contributed by atoms with E-state index in [9.17, 15) is 19.6 Å². The normalized spacial score (nSPS) is 15.8. The molecule has 1 aromatic carbocycles. The number of furan rings is 1. The number of imide groups is 1. The van der Waals surface area contributed by atoms with Gasteiger partial charge in [-0.15, -0.1) is 0 Å². The number of carboxylic acid groups (broad SMARTS) is 1. The van der Waals surface area contributed by atoms with Crippen LogP contribution in [0.2, 0.25) is 0 Å². The number of carboxylic acids is 1. The first kappa shape index (κ1) is 19.8. The molecular weight excluding hydrogens is 372 g/mol. The summed E-state index contributed by atoms with van der Waals surface area (Å²) in [7, 11) is 0. The zero-order valence-electron chi connectivity index (χ0n) is 15.9. The summed E-state index contributed by atoms with van der Waals surface area (Å²) in [6, 6.07) is 11.5. The first-order valence-corrected chi connectivity index (χ1v) is 9.00. The molecule has 0 saturated heterocycles. The van der Waals surface area contributed by atoms with E-state index in [0.29, 0.717) is 29.1 Å². The molecule has 0 radical (unpaired) electrons. The summed E-state index contributed by atoms with van der Waals surface area (Å²) < 4.78 is 5.78. The van der Waals surface area contributed by atoms with Crippen molar-refractivity contribution in [2.75, 3.05) is 6.54 Å². The van der Waals surface area contributed by atoms with E-state index in [1.54, 1.807) is 31.2 Å². The summed E-state index contributed by atoms with van der Waals surface area (Å²) in [4.78, 5) is 37.2. The van der Waals surface area contributed by atoms with Crippen molar-refractivity contribution in [3.05, 3.63) is 64.4 Å². The lowest BCUT2D eigenvalue weighted by atomic mass is 9.94. The summed E-state index contributed by atoms with van der Waals surface area (Å²) in [6.45, 7) is 3.64. The van der Waals surface area contributed by atoms with Crippen LogP contribution in [0.5, 0.6) is 0 Å². The van der Waals surface area contributed by atoms with Gasteiger partial charge in [-0.1, -0.05) is 19.1 Å². The third-order valence-corrected chi connectivity index (χ3v) is 4.60. The number of rotatable bonds is 5. The van der Waals surface area contributed by atoms with Gasteiger partial charge in [-0.3, -0.25) is 14.5 Å². The molecule has 2 heterocycles. The van der Waals surface area contributed by atoms with Gasteiger partial charge < -0.3 is 9.52 Å². The molecule has 146 valence electrons. The first-order valence-electron chi connectivity index (χ1n) is 9.00. The fourth-order valence-corrected chi connectivity index (χ4v) is 3.06. The zero-order chi connectivity index (χ0) is 21.1. The topological polar surface area (TPSA) is 112 Å². The third-order valence-electron chi connectivity index (χ3n) is 4.60. The van der Waals surface area contributed by atoms with Crippen molar-refractivity contribution in [2.45, 2.75) is 20.3 Å². The van der Waals surface area contributed by atoms with Crippen molar-refractivity contribution in [3.63, 3.8) is 0 Å². The van der Waals surface area contributed by atoms with E-state index in [4.69, 9.17) is 9.52 Å². The maximum absolute atomic E-state index is 12.8. The van der Waals surface area contributed by atoms with E-state index < -0.39 is 17.8 Å². The van der Waals surface area contributed by atoms with E-state index in [1.807, 2.05) is 13.0 Å². The third kappa shape index (κ3) is 3.73. The lowest BCUT2D eigenvalue weighted by molar-refractivity contribution is -0.140. The average molecular weight is 390 g/mol. The lowest BCUT2D eigenvalue weighted by Crippen LogP contribution is -2.43. The first-order chi connectivity index (χ1) is 13.9. The van der Waals surface area contributed by atoms with Crippen molar-refractivity contribution in [1.82, 2.24) is 4.90 Å². The standard InChI is InChI=1S/C22H18N2O5/c1-3-10-24-20(25)17(13(2)18(12-23)21(24)26)11-16-8-9-19(29-16)14-4-6-15(7-5-14)22(27)28/h4-9,11H,3,10H2,1-2H3,(H,27,28)/b17-11+. The van der Waals surface area contributed by atoms with E-state index in [2.05, 4.69) is 0 Å². The van der Waals surface area contributed by atoms with Gasteiger partial charge in [-0.25, -0.2) is 4.79 Å². The van der Waals surface area contributed by atoms with Gasteiger partial charge in [0.05, 0.1) is 5.56 Å². The molecule has 1 aromatic heterocycles. The second kappa shape index (κ2) is 7.98. The van der Waals surface area contributed by atoms with Crippen LogP contribution >= 0.6 is 0 Å². The zero-order valence-corrected chi connectivity index (χ0v) is 15.9. The van der Waals surface area contributed by atoms with Gasteiger partial charge in [0.15, 0.2) is 0 Å². The van der Waals surface area contributed by atoms with Crippen LogP contribution in [-0.2, 0) is 9.59 Å². The molecule has 0 bridgehead atoms. The molecular formula is C22H18N2O5. The van der Waals surface area contributed by atoms with Gasteiger partial charge in [-0.05, 0) is 49.3 Å². The Labute approximate surface area is 167 Å². The molecule has 0 atom stereocenters. The van der Waals surface area contributed by atoms with Crippen LogP contribution in [0.15, 0.2) is 57.5 Å². The van der Waals surface area contributed by atoms with Crippen LogP contribution in [0.3, 0.4) is 0 Å². The molecule has 1 aliphatic heterocycles. The van der Waals surface area contributed by atoms with Crippen LogP contribution in [-0.4, -0.2) is 34.3 Å². The van der Waals surface area contributed by atoms with Crippen LogP contribution in [0.25, 0.3) is 17.4 Å². The molecule has 0 spiro atoms. The summed E-state index contributed by atoms with van der Waals surface area (Å²) in [5, 5.41) is 18.3. The Balaban J connectivity index is 1.98. The van der Waals surface area contributed by atoms with E-state index in [0.717, 1.165) is 4.90 Å². The van der Waals surface area contributed by atoms with Gasteiger partial charge in [0.25, 0.3) is 11.8 Å². The number of nitrogens with zero attached hydrogens (tertiary/aromatic N) is 2. The van der Waals surface area contributed by atoms with Crippen molar-refractivity contribution < 1.29 is 23.9 Å². The highest BCUT2D eigenvalue weighted by Crippen LogP contribution is 2.29. The van der Waals surface area contributed by atoms with E-state index >= 15 is 0 Å². The monoisotopic (exact) mass is 390 g/mol. The Morgan fingerprint density at radius 1 is 1.17 bits per heavy atom. The number of benzene rings is 1. The molecule has 0 aliphatic carbocycles. The molecule has 2 amide bonds. The summed E-state index contributed by atoms with van der Waals surface area (Å²) >= 11 is 0. The predicted octanol–water partition coefficient (Wildman–Crippen LogP) is 3.65. The molecule has 1 aliphatic rings. The van der Waals surface area contributed by atoms with Crippen molar-refractivity contribution in [1.29, 1.82) is 5.26 Å². The Bertz CT molecular complexity index is 1100. The molecule has 1 N–H and O–H groups in total. The highest BCUT2D eigenvalue weighted by atomic mass is 16.4. The smallest absolute Gasteiger partial charge is 0.335 e. The predicted molar refractivity (Wildman–Crippen MR) is 104 cm³/mol. The molecule has 29 heavy (non-hydrogen) atoms. The molecule has 7 heteroatoms. The minimum Gasteiger partial charge on any atom is -0.478 e. The highest BCUT2D eigenvalue weighted by Gasteiger charge is 2.35. The Morgan fingerprint density at radius 2 is 1.86 bits per heavy atom. The molecule has 0 saturated carbocycles. The fraction of sp³-hybridized carbons (Fsp3) is 0.182. The second-order valence-electron chi connectivity index (χ2n) is 6.52. The van der Waals surface area contributed by atoms with Crippen molar-refractivity contribution in [3.8, 4) is 17.4 Å². The number of carbonyl (C=O) groups excluding carboxylic acids is 2. The Morgan fingerprint density at radius 3 is 2.45 bits per heavy atom. The number of hydrogen-bond donors (Lipinski definition) is 1.